The van der Waals surface area contributed by atoms with Crippen LogP contribution in [0, 0.1) is 0 Å². The third-order valence-corrected chi connectivity index (χ3v) is 1.46. The Bertz CT molecular complexity index is 121. The Labute approximate surface area is 68.5 Å². The summed E-state index contributed by atoms with van der Waals surface area (Å²) in [6.07, 6.45) is 4.41. The molecule has 0 fully saturated rings. The van der Waals surface area contributed by atoms with E-state index in [2.05, 4.69) is 10.6 Å². The zero-order valence-electron chi connectivity index (χ0n) is 7.52. The zero-order chi connectivity index (χ0) is 8.74. The van der Waals surface area contributed by atoms with Gasteiger partial charge < -0.3 is 15.7 Å². The molecule has 3 nitrogen and oxygen atoms in total. The Kier molecular flexibility index (Phi) is 4.70. The summed E-state index contributed by atoms with van der Waals surface area (Å²) in [5.41, 5.74) is -0.0257. The van der Waals surface area contributed by atoms with Crippen LogP contribution in [0.5, 0.6) is 0 Å². The fourth-order valence-electron chi connectivity index (χ4n) is 0.702. The predicted octanol–water partition coefficient (Wildman–Crippen LogP) is 0.428. The van der Waals surface area contributed by atoms with Crippen LogP contribution in [0.2, 0.25) is 0 Å². The monoisotopic (exact) mass is 158 g/mol. The van der Waals surface area contributed by atoms with E-state index in [1.54, 1.807) is 0 Å². The van der Waals surface area contributed by atoms with Crippen LogP contribution >= 0.6 is 0 Å². The molecule has 0 spiro atoms. The minimum absolute atomic E-state index is 0.0257. The Hall–Kier alpha value is -0.700. The molecule has 0 aliphatic heterocycles. The maximum absolute atomic E-state index is 8.68. The van der Waals surface area contributed by atoms with Gasteiger partial charge in [-0.15, -0.1) is 0 Å². The molecule has 66 valence electrons. The molecule has 0 heterocycles. The molecule has 0 unspecified atom stereocenters. The lowest BCUT2D eigenvalue weighted by Crippen LogP contribution is -2.36. The number of aliphatic hydroxyl groups is 1. The van der Waals surface area contributed by atoms with Crippen LogP contribution in [0.15, 0.2) is 12.4 Å². The van der Waals surface area contributed by atoms with Crippen LogP contribution in [0.4, 0.5) is 0 Å². The number of aliphatic hydroxyl groups excluding tert-OH is 1. The van der Waals surface area contributed by atoms with E-state index in [0.717, 1.165) is 6.42 Å². The largest absolute Gasteiger partial charge is 0.396 e. The molecule has 0 aliphatic rings. The van der Waals surface area contributed by atoms with Gasteiger partial charge in [0.2, 0.25) is 0 Å². The van der Waals surface area contributed by atoms with Crippen LogP contribution in [0.3, 0.4) is 0 Å². The van der Waals surface area contributed by atoms with E-state index in [9.17, 15) is 0 Å². The smallest absolute Gasteiger partial charge is 0.0453 e. The van der Waals surface area contributed by atoms with Crippen molar-refractivity contribution in [3.05, 3.63) is 12.4 Å². The first-order valence-electron chi connectivity index (χ1n) is 3.83. The summed E-state index contributed by atoms with van der Waals surface area (Å²) in [6.45, 7) is 4.31. The van der Waals surface area contributed by atoms with Crippen LogP contribution in [0.1, 0.15) is 20.3 Å². The molecule has 0 aliphatic carbocycles. The van der Waals surface area contributed by atoms with Crippen molar-refractivity contribution in [2.45, 2.75) is 25.8 Å². The summed E-state index contributed by atoms with van der Waals surface area (Å²) in [5, 5.41) is 14.7. The van der Waals surface area contributed by atoms with E-state index in [4.69, 9.17) is 5.11 Å². The Morgan fingerprint density at radius 3 is 2.45 bits per heavy atom. The van der Waals surface area contributed by atoms with Crippen molar-refractivity contribution in [2.75, 3.05) is 13.7 Å². The molecular weight excluding hydrogens is 140 g/mol. The van der Waals surface area contributed by atoms with Gasteiger partial charge in [0.15, 0.2) is 0 Å². The van der Waals surface area contributed by atoms with Gasteiger partial charge in [0.25, 0.3) is 0 Å². The van der Waals surface area contributed by atoms with Crippen LogP contribution < -0.4 is 10.6 Å². The summed E-state index contributed by atoms with van der Waals surface area (Å²) in [6, 6.07) is 0. The second kappa shape index (κ2) is 5.02. The fraction of sp³-hybridized carbons (Fsp3) is 0.750. The standard InChI is InChI=1S/C8H18N2O/c1-8(2,4-7-11)10-6-5-9-3/h5-6,9-11H,4,7H2,1-3H3/b6-5-. The van der Waals surface area contributed by atoms with Gasteiger partial charge in [0.05, 0.1) is 0 Å². The van der Waals surface area contributed by atoms with Gasteiger partial charge in [-0.3, -0.25) is 0 Å². The lowest BCUT2D eigenvalue weighted by Gasteiger charge is -2.23. The molecule has 0 radical (unpaired) electrons. The minimum Gasteiger partial charge on any atom is -0.396 e. The SMILES string of the molecule is CN/C=C\NC(C)(C)CCO. The molecule has 0 saturated heterocycles. The third kappa shape index (κ3) is 5.73. The average Bonchev–Trinajstić information content (AvgIpc) is 1.87. The Morgan fingerprint density at radius 1 is 1.36 bits per heavy atom. The quantitative estimate of drug-likeness (QED) is 0.543. The van der Waals surface area contributed by atoms with E-state index < -0.39 is 0 Å². The summed E-state index contributed by atoms with van der Waals surface area (Å²) in [4.78, 5) is 0. The first-order valence-corrected chi connectivity index (χ1v) is 3.83. The maximum atomic E-state index is 8.68. The van der Waals surface area contributed by atoms with E-state index >= 15 is 0 Å². The van der Waals surface area contributed by atoms with Gasteiger partial charge >= 0.3 is 0 Å². The van der Waals surface area contributed by atoms with Gasteiger partial charge in [-0.05, 0) is 20.3 Å². The molecule has 3 N–H and O–H groups in total. The molecule has 0 amide bonds. The van der Waals surface area contributed by atoms with Crippen molar-refractivity contribution in [3.63, 3.8) is 0 Å². The molecule has 0 atom stereocenters. The van der Waals surface area contributed by atoms with Gasteiger partial charge in [0.1, 0.15) is 0 Å². The van der Waals surface area contributed by atoms with Gasteiger partial charge in [-0.1, -0.05) is 0 Å². The molecule has 3 heteroatoms. The minimum atomic E-state index is -0.0257. The highest BCUT2D eigenvalue weighted by Gasteiger charge is 2.13. The van der Waals surface area contributed by atoms with Crippen molar-refractivity contribution in [2.24, 2.45) is 0 Å². The summed E-state index contributed by atoms with van der Waals surface area (Å²) < 4.78 is 0. The summed E-state index contributed by atoms with van der Waals surface area (Å²) in [5.74, 6) is 0. The highest BCUT2D eigenvalue weighted by atomic mass is 16.3. The number of nitrogens with one attached hydrogen (secondary N) is 2. The molecule has 0 aromatic heterocycles. The zero-order valence-corrected chi connectivity index (χ0v) is 7.52. The predicted molar refractivity (Wildman–Crippen MR) is 47.1 cm³/mol. The van der Waals surface area contributed by atoms with Gasteiger partial charge in [-0.2, -0.15) is 0 Å². The second-order valence-corrected chi connectivity index (χ2v) is 3.12. The highest BCUT2D eigenvalue weighted by Crippen LogP contribution is 2.06. The lowest BCUT2D eigenvalue weighted by atomic mass is 10.0. The van der Waals surface area contributed by atoms with E-state index in [1.807, 2.05) is 33.3 Å². The number of hydrogen-bond donors (Lipinski definition) is 3. The highest BCUT2D eigenvalue weighted by molar-refractivity contribution is 4.86. The second-order valence-electron chi connectivity index (χ2n) is 3.12. The molecule has 0 saturated carbocycles. The molecule has 0 bridgehead atoms. The van der Waals surface area contributed by atoms with Crippen molar-refractivity contribution >= 4 is 0 Å². The molecule has 0 aromatic rings. The Balaban J connectivity index is 3.62. The molecule has 0 rings (SSSR count). The molecule has 11 heavy (non-hydrogen) atoms. The van der Waals surface area contributed by atoms with E-state index in [0.29, 0.717) is 0 Å². The lowest BCUT2D eigenvalue weighted by molar-refractivity contribution is 0.241. The molecule has 0 aromatic carbocycles. The topological polar surface area (TPSA) is 44.3 Å². The van der Waals surface area contributed by atoms with Crippen molar-refractivity contribution in [1.82, 2.24) is 10.6 Å². The van der Waals surface area contributed by atoms with Gasteiger partial charge in [-0.25, -0.2) is 0 Å². The van der Waals surface area contributed by atoms with Crippen LogP contribution in [0.25, 0.3) is 0 Å². The normalized spacial score (nSPS) is 12.0. The van der Waals surface area contributed by atoms with Crippen molar-refractivity contribution < 1.29 is 5.11 Å². The molecular formula is C8H18N2O. The first-order chi connectivity index (χ1) is 5.12. The van der Waals surface area contributed by atoms with Crippen molar-refractivity contribution in [1.29, 1.82) is 0 Å². The first kappa shape index (κ1) is 10.3. The number of hydrogen-bond acceptors (Lipinski definition) is 3. The average molecular weight is 158 g/mol. The third-order valence-electron chi connectivity index (χ3n) is 1.46. The van der Waals surface area contributed by atoms with Crippen LogP contribution in [-0.4, -0.2) is 24.3 Å². The number of rotatable bonds is 5. The van der Waals surface area contributed by atoms with Gasteiger partial charge in [0, 0.05) is 31.6 Å². The van der Waals surface area contributed by atoms with E-state index in [1.165, 1.54) is 0 Å². The van der Waals surface area contributed by atoms with Crippen LogP contribution in [-0.2, 0) is 0 Å². The summed E-state index contributed by atoms with van der Waals surface area (Å²) >= 11 is 0. The van der Waals surface area contributed by atoms with E-state index in [-0.39, 0.29) is 12.1 Å². The summed E-state index contributed by atoms with van der Waals surface area (Å²) in [7, 11) is 1.84. The van der Waals surface area contributed by atoms with Crippen molar-refractivity contribution in [3.8, 4) is 0 Å². The fourth-order valence-corrected chi connectivity index (χ4v) is 0.702. The maximum Gasteiger partial charge on any atom is 0.0453 e. The Morgan fingerprint density at radius 2 is 2.00 bits per heavy atom.